The van der Waals surface area contributed by atoms with Crippen LogP contribution in [0.15, 0.2) is 18.3 Å². The van der Waals surface area contributed by atoms with E-state index in [4.69, 9.17) is 25.6 Å². The van der Waals surface area contributed by atoms with E-state index in [0.29, 0.717) is 50.4 Å². The number of carbonyl (C=O) groups is 1. The summed E-state index contributed by atoms with van der Waals surface area (Å²) in [6, 6.07) is 4.31. The van der Waals surface area contributed by atoms with E-state index in [2.05, 4.69) is 16.1 Å². The van der Waals surface area contributed by atoms with Crippen molar-refractivity contribution in [3.63, 3.8) is 0 Å². The van der Waals surface area contributed by atoms with Crippen LogP contribution in [-0.2, 0) is 19.7 Å². The van der Waals surface area contributed by atoms with Crippen LogP contribution in [0.25, 0.3) is 16.9 Å². The predicted molar refractivity (Wildman–Crippen MR) is 129 cm³/mol. The van der Waals surface area contributed by atoms with Gasteiger partial charge in [0.25, 0.3) is 0 Å². The Morgan fingerprint density at radius 1 is 1.35 bits per heavy atom. The lowest BCUT2D eigenvalue weighted by molar-refractivity contribution is -0.123. The van der Waals surface area contributed by atoms with E-state index in [9.17, 15) is 10.1 Å². The Hall–Kier alpha value is -3.49. The zero-order chi connectivity index (χ0) is 24.9. The zero-order valence-corrected chi connectivity index (χ0v) is 20.1. The maximum absolute atomic E-state index is 11.1. The third-order valence-corrected chi connectivity index (χ3v) is 5.80. The number of hydrogen-bond donors (Lipinski definition) is 2. The first-order chi connectivity index (χ1) is 16.2. The molecule has 0 spiro atoms. The van der Waals surface area contributed by atoms with Crippen molar-refractivity contribution in [1.82, 2.24) is 19.7 Å². The van der Waals surface area contributed by atoms with Gasteiger partial charge < -0.3 is 30.4 Å². The second-order valence-electron chi connectivity index (χ2n) is 9.20. The quantitative estimate of drug-likeness (QED) is 0.494. The Kier molecular flexibility index (Phi) is 7.54. The Balaban J connectivity index is 0.000000481. The molecular formula is C23H32N8O3. The van der Waals surface area contributed by atoms with Gasteiger partial charge in [0.05, 0.1) is 31.1 Å². The molecule has 0 unspecified atom stereocenters. The lowest BCUT2D eigenvalue weighted by Gasteiger charge is -2.44. The molecule has 0 bridgehead atoms. The van der Waals surface area contributed by atoms with Crippen molar-refractivity contribution in [2.45, 2.75) is 31.8 Å². The summed E-state index contributed by atoms with van der Waals surface area (Å²) >= 11 is 0. The number of hydrogen-bond acceptors (Lipinski definition) is 9. The molecule has 3 N–H and O–H groups in total. The molecular weight excluding hydrogens is 436 g/mol. The minimum absolute atomic E-state index is 0.0417. The molecule has 0 atom stereocenters. The van der Waals surface area contributed by atoms with Gasteiger partial charge in [-0.15, -0.1) is 0 Å². The zero-order valence-electron chi connectivity index (χ0n) is 20.1. The van der Waals surface area contributed by atoms with Gasteiger partial charge in [0.15, 0.2) is 5.65 Å². The fourth-order valence-electron chi connectivity index (χ4n) is 3.71. The monoisotopic (exact) mass is 468 g/mol. The number of carbonyl (C=O) groups excluding carboxylic acids is 1. The summed E-state index contributed by atoms with van der Waals surface area (Å²) in [6.45, 7) is 9.30. The molecule has 2 aliphatic rings. The molecule has 1 amide bonds. The van der Waals surface area contributed by atoms with Gasteiger partial charge in [-0.2, -0.15) is 15.0 Å². The highest BCUT2D eigenvalue weighted by atomic mass is 16.5. The fourth-order valence-corrected chi connectivity index (χ4v) is 3.71. The number of aromatic nitrogens is 3. The number of morpholine rings is 1. The number of nitrogens with two attached hydrogens (primary N) is 1. The normalized spacial score (nSPS) is 17.9. The number of rotatable bonds is 5. The number of nitriles is 1. The van der Waals surface area contributed by atoms with Gasteiger partial charge in [-0.3, -0.25) is 4.79 Å². The summed E-state index contributed by atoms with van der Waals surface area (Å²) in [5.41, 5.74) is 6.58. The smallest absolute Gasteiger partial charge is 0.209 e. The molecule has 11 heteroatoms. The summed E-state index contributed by atoms with van der Waals surface area (Å²) in [5.74, 6) is 0.978. The molecule has 4 heterocycles. The van der Waals surface area contributed by atoms with Crippen LogP contribution in [0.4, 0.5) is 5.82 Å². The Morgan fingerprint density at radius 2 is 2.00 bits per heavy atom. The molecule has 0 aliphatic carbocycles. The lowest BCUT2D eigenvalue weighted by atomic mass is 9.74. The molecule has 2 aromatic heterocycles. The first kappa shape index (κ1) is 25.1. The number of anilines is 1. The highest BCUT2D eigenvalue weighted by Gasteiger charge is 2.46. The van der Waals surface area contributed by atoms with Crippen molar-refractivity contribution < 1.29 is 14.3 Å². The van der Waals surface area contributed by atoms with Gasteiger partial charge in [0.2, 0.25) is 6.41 Å². The molecule has 2 saturated heterocycles. The van der Waals surface area contributed by atoms with Crippen molar-refractivity contribution in [3.05, 3.63) is 23.9 Å². The van der Waals surface area contributed by atoms with Gasteiger partial charge in [-0.05, 0) is 38.5 Å². The van der Waals surface area contributed by atoms with Crippen LogP contribution in [-0.4, -0.2) is 84.4 Å². The van der Waals surface area contributed by atoms with E-state index in [1.807, 2.05) is 26.8 Å². The highest BCUT2D eigenvalue weighted by Crippen LogP contribution is 2.39. The van der Waals surface area contributed by atoms with Gasteiger partial charge in [0, 0.05) is 44.9 Å². The molecule has 0 radical (unpaired) electrons. The molecule has 2 aliphatic heterocycles. The molecule has 2 fully saturated rings. The first-order valence-corrected chi connectivity index (χ1v) is 11.0. The van der Waals surface area contributed by atoms with Gasteiger partial charge in [-0.25, -0.2) is 4.98 Å². The topological polar surface area (TPSA) is 146 Å². The minimum Gasteiger partial charge on any atom is -0.384 e. The van der Waals surface area contributed by atoms with Gasteiger partial charge in [0.1, 0.15) is 17.1 Å². The van der Waals surface area contributed by atoms with E-state index in [1.165, 1.54) is 10.8 Å². The molecule has 4 rings (SSSR count). The number of pyridine rings is 1. The summed E-state index contributed by atoms with van der Waals surface area (Å²) < 4.78 is 11.8. The average molecular weight is 469 g/mol. The van der Waals surface area contributed by atoms with Crippen molar-refractivity contribution in [1.29, 1.82) is 10.7 Å². The summed E-state index contributed by atoms with van der Waals surface area (Å²) in [4.78, 5) is 19.5. The summed E-state index contributed by atoms with van der Waals surface area (Å²) in [5, 5.41) is 22.2. The predicted octanol–water partition coefficient (Wildman–Crippen LogP) is 1.34. The first-order valence-electron chi connectivity index (χ1n) is 11.0. The van der Waals surface area contributed by atoms with Crippen LogP contribution in [0.3, 0.4) is 0 Å². The van der Waals surface area contributed by atoms with Crippen LogP contribution in [0.5, 0.6) is 0 Å². The number of fused-ring (bicyclic) bond motifs is 1. The highest BCUT2D eigenvalue weighted by molar-refractivity contribution is 5.87. The summed E-state index contributed by atoms with van der Waals surface area (Å²) in [7, 11) is 1.71. The SMILES string of the molecule is COC(C)(C)C.N#CC1(c2cc(N3CCOCC3)nc3c2cnn3/C(N)=C/C=N)CN(C=O)C1. The number of methoxy groups -OCH3 is 1. The summed E-state index contributed by atoms with van der Waals surface area (Å²) in [6.07, 6.45) is 4.89. The third-order valence-electron chi connectivity index (χ3n) is 5.80. The second-order valence-corrected chi connectivity index (χ2v) is 9.20. The molecule has 11 nitrogen and oxygen atoms in total. The van der Waals surface area contributed by atoms with Gasteiger partial charge >= 0.3 is 0 Å². The Labute approximate surface area is 199 Å². The van der Waals surface area contributed by atoms with Crippen molar-refractivity contribution in [2.24, 2.45) is 5.73 Å². The van der Waals surface area contributed by atoms with E-state index in [0.717, 1.165) is 24.0 Å². The molecule has 182 valence electrons. The number of likely N-dealkylation sites (tertiary alicyclic amines) is 1. The van der Waals surface area contributed by atoms with E-state index < -0.39 is 5.41 Å². The molecule has 0 saturated carbocycles. The second kappa shape index (κ2) is 10.2. The van der Waals surface area contributed by atoms with E-state index in [1.54, 1.807) is 18.2 Å². The number of nitrogens with zero attached hydrogens (tertiary/aromatic N) is 6. The van der Waals surface area contributed by atoms with Gasteiger partial charge in [-0.1, -0.05) is 0 Å². The molecule has 2 aromatic rings. The number of amides is 1. The number of ether oxygens (including phenoxy) is 2. The standard InChI is InChI=1S/C18H20N8O2.C5H12O/c19-2-1-15(21)26-17-13(8-22-26)14(18(9-20)10-24(11-18)12-27)7-16(23-17)25-3-5-28-6-4-25;1-5(2,3)6-4/h1-2,7-8,12,19H,3-6,10-11,21H2;1-4H3/b15-1+,19-2?;. The van der Waals surface area contributed by atoms with Crippen molar-refractivity contribution >= 4 is 35.3 Å². The van der Waals surface area contributed by atoms with Crippen LogP contribution in [0.1, 0.15) is 26.3 Å². The third kappa shape index (κ3) is 5.18. The lowest BCUT2D eigenvalue weighted by Crippen LogP contribution is -2.57. The van der Waals surface area contributed by atoms with Crippen LogP contribution in [0.2, 0.25) is 0 Å². The minimum atomic E-state index is -0.809. The Bertz CT molecular complexity index is 1100. The van der Waals surface area contributed by atoms with Crippen molar-refractivity contribution in [3.8, 4) is 6.07 Å². The van der Waals surface area contributed by atoms with Crippen LogP contribution in [0, 0.1) is 16.7 Å². The largest absolute Gasteiger partial charge is 0.384 e. The van der Waals surface area contributed by atoms with Crippen molar-refractivity contribution in [2.75, 3.05) is 51.4 Å². The van der Waals surface area contributed by atoms with E-state index in [-0.39, 0.29) is 11.4 Å². The maximum Gasteiger partial charge on any atom is 0.209 e. The van der Waals surface area contributed by atoms with Crippen LogP contribution >= 0.6 is 0 Å². The molecule has 0 aromatic carbocycles. The Morgan fingerprint density at radius 3 is 2.53 bits per heavy atom. The van der Waals surface area contributed by atoms with Crippen LogP contribution < -0.4 is 10.6 Å². The number of allylic oxidation sites excluding steroid dienone is 1. The number of nitrogens with one attached hydrogen (secondary N) is 1. The fraction of sp³-hybridized carbons (Fsp3) is 0.522. The molecule has 34 heavy (non-hydrogen) atoms. The van der Waals surface area contributed by atoms with E-state index >= 15 is 0 Å². The maximum atomic E-state index is 11.1. The average Bonchev–Trinajstić information content (AvgIpc) is 3.24.